The molecule has 1 N–H and O–H groups in total. The number of carbonyl (C=O) groups excluding carboxylic acids is 2. The van der Waals surface area contributed by atoms with E-state index in [9.17, 15) is 19.5 Å². The van der Waals surface area contributed by atoms with Crippen molar-refractivity contribution in [1.82, 2.24) is 0 Å². The molecule has 0 aromatic heterocycles. The first-order valence-corrected chi connectivity index (χ1v) is 14.6. The SMILES string of the molecule is CC(=O)O[C@H]1CC[C@@]2(C)C(CC[C@]3(C)C2C(=O)C=C2[C@@H]4CC(C)(C)CC[C@]4(C(=O)O)CC[C@]23C)C1(C)C. The summed E-state index contributed by atoms with van der Waals surface area (Å²) in [5.41, 5.74) is -0.301. The Balaban J connectivity index is 1.60. The maximum atomic E-state index is 14.4. The van der Waals surface area contributed by atoms with Crippen molar-refractivity contribution in [3.63, 3.8) is 0 Å². The number of hydrogen-bond acceptors (Lipinski definition) is 4. The number of carbonyl (C=O) groups is 3. The third-order valence-electron chi connectivity index (χ3n) is 13.1. The lowest BCUT2D eigenvalue weighted by Crippen LogP contribution is -2.67. The van der Waals surface area contributed by atoms with Crippen LogP contribution in [0.4, 0.5) is 0 Å². The monoisotopic (exact) mass is 512 g/mol. The summed E-state index contributed by atoms with van der Waals surface area (Å²) in [4.78, 5) is 39.1. The van der Waals surface area contributed by atoms with Crippen molar-refractivity contribution in [1.29, 1.82) is 0 Å². The molecule has 0 amide bonds. The van der Waals surface area contributed by atoms with Gasteiger partial charge in [0.1, 0.15) is 6.10 Å². The van der Waals surface area contributed by atoms with Gasteiger partial charge in [-0.1, -0.05) is 54.0 Å². The quantitative estimate of drug-likeness (QED) is 0.404. The molecule has 4 fully saturated rings. The van der Waals surface area contributed by atoms with Gasteiger partial charge < -0.3 is 9.84 Å². The second-order valence-electron chi connectivity index (χ2n) is 15.6. The lowest BCUT2D eigenvalue weighted by atomic mass is 9.33. The van der Waals surface area contributed by atoms with E-state index in [1.807, 2.05) is 6.08 Å². The van der Waals surface area contributed by atoms with E-state index in [2.05, 4.69) is 48.5 Å². The Kier molecular flexibility index (Phi) is 5.78. The molecule has 5 rings (SSSR count). The van der Waals surface area contributed by atoms with Crippen molar-refractivity contribution in [2.45, 2.75) is 119 Å². The molecule has 5 aliphatic carbocycles. The summed E-state index contributed by atoms with van der Waals surface area (Å²) in [6.45, 7) is 17.5. The number of hydrogen-bond donors (Lipinski definition) is 1. The molecule has 4 saturated carbocycles. The fourth-order valence-electron chi connectivity index (χ4n) is 10.8. The van der Waals surface area contributed by atoms with Gasteiger partial charge in [-0.05, 0) is 97.4 Å². The molecule has 0 heterocycles. The lowest BCUT2D eigenvalue weighted by Gasteiger charge is -2.70. The molecular formula is C32H48O5. The van der Waals surface area contributed by atoms with Crippen molar-refractivity contribution in [2.24, 2.45) is 50.2 Å². The van der Waals surface area contributed by atoms with Crippen molar-refractivity contribution in [2.75, 3.05) is 0 Å². The van der Waals surface area contributed by atoms with E-state index in [4.69, 9.17) is 4.74 Å². The predicted octanol–water partition coefficient (Wildman–Crippen LogP) is 6.98. The third kappa shape index (κ3) is 3.43. The second-order valence-corrected chi connectivity index (χ2v) is 15.6. The number of aliphatic carboxylic acids is 1. The van der Waals surface area contributed by atoms with E-state index in [1.54, 1.807) is 0 Å². The fourth-order valence-corrected chi connectivity index (χ4v) is 10.8. The van der Waals surface area contributed by atoms with Crippen LogP contribution in [-0.4, -0.2) is 28.9 Å². The van der Waals surface area contributed by atoms with Gasteiger partial charge >= 0.3 is 11.9 Å². The minimum Gasteiger partial charge on any atom is -0.481 e. The van der Waals surface area contributed by atoms with Crippen LogP contribution in [0.25, 0.3) is 0 Å². The van der Waals surface area contributed by atoms with Crippen LogP contribution >= 0.6 is 0 Å². The first kappa shape index (κ1) is 26.9. The second kappa shape index (κ2) is 7.94. The van der Waals surface area contributed by atoms with E-state index in [1.165, 1.54) is 6.92 Å². The van der Waals surface area contributed by atoms with Gasteiger partial charge in [0.05, 0.1) is 5.41 Å². The molecule has 8 atom stereocenters. The molecule has 5 heteroatoms. The van der Waals surface area contributed by atoms with Crippen LogP contribution in [0.5, 0.6) is 0 Å². The summed E-state index contributed by atoms with van der Waals surface area (Å²) in [6.07, 6.45) is 9.44. The number of carboxylic acid groups (broad SMARTS) is 1. The molecule has 0 saturated heterocycles. The number of esters is 1. The van der Waals surface area contributed by atoms with E-state index < -0.39 is 11.4 Å². The number of ketones is 1. The van der Waals surface area contributed by atoms with E-state index in [0.717, 1.165) is 50.5 Å². The highest BCUT2D eigenvalue weighted by atomic mass is 16.5. The van der Waals surface area contributed by atoms with Gasteiger partial charge in [0, 0.05) is 18.3 Å². The number of carboxylic acids is 1. The Hall–Kier alpha value is -1.65. The van der Waals surface area contributed by atoms with Gasteiger partial charge in [0.15, 0.2) is 5.78 Å². The first-order valence-electron chi connectivity index (χ1n) is 14.6. The molecule has 37 heavy (non-hydrogen) atoms. The van der Waals surface area contributed by atoms with Gasteiger partial charge in [-0.2, -0.15) is 0 Å². The topological polar surface area (TPSA) is 80.7 Å². The maximum Gasteiger partial charge on any atom is 0.310 e. The smallest absolute Gasteiger partial charge is 0.310 e. The molecule has 206 valence electrons. The highest BCUT2D eigenvalue weighted by Crippen LogP contribution is 2.75. The summed E-state index contributed by atoms with van der Waals surface area (Å²) in [6, 6.07) is 0. The standard InChI is InChI=1S/C32H48O5/c1-19(33)37-24-10-11-29(6)23(28(24,4)5)9-12-31(8)25(29)22(34)17-20-21-18-27(2,3)13-15-32(21,26(35)36)16-14-30(20,31)7/h17,21,23-25H,9-16,18H2,1-8H3,(H,35,36)/t21-,23?,24-,25?,29-,30+,31+,32-/m0/s1. The molecule has 0 aromatic carbocycles. The van der Waals surface area contributed by atoms with Crippen LogP contribution in [-0.2, 0) is 19.1 Å². The highest BCUT2D eigenvalue weighted by Gasteiger charge is 2.71. The zero-order valence-electron chi connectivity index (χ0n) is 24.3. The third-order valence-corrected chi connectivity index (χ3v) is 13.1. The Labute approximate surface area is 223 Å². The molecule has 5 nitrogen and oxygen atoms in total. The highest BCUT2D eigenvalue weighted by molar-refractivity contribution is 5.96. The zero-order chi connectivity index (χ0) is 27.4. The lowest BCUT2D eigenvalue weighted by molar-refractivity contribution is -0.211. The Morgan fingerprint density at radius 1 is 0.919 bits per heavy atom. The molecule has 0 aromatic rings. The predicted molar refractivity (Wildman–Crippen MR) is 143 cm³/mol. The Morgan fingerprint density at radius 2 is 1.57 bits per heavy atom. The molecule has 2 unspecified atom stereocenters. The molecule has 5 aliphatic rings. The molecule has 0 radical (unpaired) electrons. The van der Waals surface area contributed by atoms with Gasteiger partial charge in [-0.25, -0.2) is 0 Å². The molecule has 0 bridgehead atoms. The summed E-state index contributed by atoms with van der Waals surface area (Å²) >= 11 is 0. The number of rotatable bonds is 2. The number of ether oxygens (including phenoxy) is 1. The average molecular weight is 513 g/mol. The largest absolute Gasteiger partial charge is 0.481 e. The summed E-state index contributed by atoms with van der Waals surface area (Å²) in [7, 11) is 0. The zero-order valence-corrected chi connectivity index (χ0v) is 24.3. The molecule has 0 aliphatic heterocycles. The van der Waals surface area contributed by atoms with Crippen LogP contribution < -0.4 is 0 Å². The van der Waals surface area contributed by atoms with Gasteiger partial charge in [-0.3, -0.25) is 14.4 Å². The van der Waals surface area contributed by atoms with E-state index in [-0.39, 0.29) is 62.7 Å². The van der Waals surface area contributed by atoms with E-state index in [0.29, 0.717) is 12.8 Å². The van der Waals surface area contributed by atoms with Crippen LogP contribution in [0.2, 0.25) is 0 Å². The number of allylic oxidation sites excluding steroid dienone is 2. The van der Waals surface area contributed by atoms with Crippen LogP contribution in [0, 0.1) is 50.2 Å². The number of fused-ring (bicyclic) bond motifs is 7. The average Bonchev–Trinajstić information content (AvgIpc) is 2.76. The van der Waals surface area contributed by atoms with Crippen LogP contribution in [0.3, 0.4) is 0 Å². The Bertz CT molecular complexity index is 1070. The van der Waals surface area contributed by atoms with Crippen molar-refractivity contribution in [3.8, 4) is 0 Å². The van der Waals surface area contributed by atoms with Gasteiger partial charge in [-0.15, -0.1) is 0 Å². The van der Waals surface area contributed by atoms with E-state index >= 15 is 0 Å². The summed E-state index contributed by atoms with van der Waals surface area (Å²) < 4.78 is 5.81. The Morgan fingerprint density at radius 3 is 2.19 bits per heavy atom. The summed E-state index contributed by atoms with van der Waals surface area (Å²) in [5.74, 6) is -0.565. The van der Waals surface area contributed by atoms with Crippen molar-refractivity contribution in [3.05, 3.63) is 11.6 Å². The first-order chi connectivity index (χ1) is 16.9. The molecular weight excluding hydrogens is 464 g/mol. The fraction of sp³-hybridized carbons (Fsp3) is 0.844. The van der Waals surface area contributed by atoms with Crippen molar-refractivity contribution < 1.29 is 24.2 Å². The van der Waals surface area contributed by atoms with Gasteiger partial charge in [0.25, 0.3) is 0 Å². The summed E-state index contributed by atoms with van der Waals surface area (Å²) in [5, 5.41) is 10.5. The van der Waals surface area contributed by atoms with Crippen LogP contribution in [0.15, 0.2) is 11.6 Å². The molecule has 0 spiro atoms. The van der Waals surface area contributed by atoms with Crippen molar-refractivity contribution >= 4 is 17.7 Å². The minimum absolute atomic E-state index is 0.0732. The van der Waals surface area contributed by atoms with Gasteiger partial charge in [0.2, 0.25) is 0 Å². The normalized spacial score (nSPS) is 47.9. The maximum absolute atomic E-state index is 14.4. The van der Waals surface area contributed by atoms with Crippen LogP contribution in [0.1, 0.15) is 113 Å². The minimum atomic E-state index is -0.741.